The van der Waals surface area contributed by atoms with Crippen molar-refractivity contribution in [3.8, 4) is 0 Å². The number of H-pyrrole nitrogens is 1. The Labute approximate surface area is 141 Å². The summed E-state index contributed by atoms with van der Waals surface area (Å²) in [5, 5.41) is 0. The van der Waals surface area contributed by atoms with Crippen LogP contribution in [0.15, 0.2) is 34.0 Å². The van der Waals surface area contributed by atoms with E-state index in [1.807, 2.05) is 0 Å². The van der Waals surface area contributed by atoms with Crippen LogP contribution in [0, 0.1) is 0 Å². The largest absolute Gasteiger partial charge is 0.310 e. The monoisotopic (exact) mass is 329 g/mol. The van der Waals surface area contributed by atoms with E-state index in [-0.39, 0.29) is 11.5 Å². The highest BCUT2D eigenvalue weighted by molar-refractivity contribution is 7.98. The molecule has 0 aliphatic carbocycles. The van der Waals surface area contributed by atoms with E-state index < -0.39 is 0 Å². The second-order valence-electron chi connectivity index (χ2n) is 6.30. The Hall–Kier alpha value is -1.59. The summed E-state index contributed by atoms with van der Waals surface area (Å²) in [7, 11) is 0. The molecule has 0 amide bonds. The predicted octanol–water partition coefficient (Wildman–Crippen LogP) is 3.17. The summed E-state index contributed by atoms with van der Waals surface area (Å²) in [5.74, 6) is 1.05. The van der Waals surface area contributed by atoms with Crippen LogP contribution in [0.25, 0.3) is 0 Å². The molecule has 0 radical (unpaired) electrons. The first-order valence-corrected chi connectivity index (χ1v) is 9.27. The second-order valence-corrected chi connectivity index (χ2v) is 7.15. The third-order valence-corrected chi connectivity index (χ3v) is 5.14. The molecule has 5 heteroatoms. The SMILES string of the molecule is CSc1ccccc1CN1CCc2nc(C(C)C)[nH]c(=O)c2C1. The van der Waals surface area contributed by atoms with E-state index >= 15 is 0 Å². The fraction of sp³-hybridized carbons (Fsp3) is 0.444. The van der Waals surface area contributed by atoms with Crippen LogP contribution >= 0.6 is 11.8 Å². The van der Waals surface area contributed by atoms with Crippen LogP contribution in [0.2, 0.25) is 0 Å². The third kappa shape index (κ3) is 3.51. The van der Waals surface area contributed by atoms with Crippen molar-refractivity contribution in [1.29, 1.82) is 0 Å². The van der Waals surface area contributed by atoms with Crippen LogP contribution in [-0.2, 0) is 19.5 Å². The van der Waals surface area contributed by atoms with Gasteiger partial charge in [0, 0.05) is 36.9 Å². The first-order chi connectivity index (χ1) is 11.1. The Morgan fingerprint density at radius 1 is 1.35 bits per heavy atom. The molecule has 0 saturated carbocycles. The number of thioether (sulfide) groups is 1. The molecule has 1 aromatic carbocycles. The quantitative estimate of drug-likeness (QED) is 0.875. The number of rotatable bonds is 4. The summed E-state index contributed by atoms with van der Waals surface area (Å²) in [6, 6.07) is 8.48. The van der Waals surface area contributed by atoms with Gasteiger partial charge in [-0.2, -0.15) is 0 Å². The normalized spacial score (nSPS) is 15.0. The lowest BCUT2D eigenvalue weighted by molar-refractivity contribution is 0.239. The maximum absolute atomic E-state index is 12.4. The minimum atomic E-state index is 0.0292. The van der Waals surface area contributed by atoms with Crippen LogP contribution in [-0.4, -0.2) is 27.7 Å². The van der Waals surface area contributed by atoms with Gasteiger partial charge in [0.05, 0.1) is 11.3 Å². The van der Waals surface area contributed by atoms with Crippen molar-refractivity contribution < 1.29 is 0 Å². The van der Waals surface area contributed by atoms with Crippen molar-refractivity contribution in [3.63, 3.8) is 0 Å². The number of hydrogen-bond acceptors (Lipinski definition) is 4. The van der Waals surface area contributed by atoms with Gasteiger partial charge >= 0.3 is 0 Å². The molecule has 1 aliphatic heterocycles. The van der Waals surface area contributed by atoms with Gasteiger partial charge in [-0.3, -0.25) is 9.69 Å². The van der Waals surface area contributed by atoms with Crippen molar-refractivity contribution in [3.05, 3.63) is 57.3 Å². The zero-order chi connectivity index (χ0) is 16.4. The zero-order valence-corrected chi connectivity index (χ0v) is 14.7. The van der Waals surface area contributed by atoms with E-state index in [9.17, 15) is 4.79 Å². The topological polar surface area (TPSA) is 49.0 Å². The molecule has 23 heavy (non-hydrogen) atoms. The zero-order valence-electron chi connectivity index (χ0n) is 13.9. The molecule has 2 aromatic rings. The number of nitrogens with zero attached hydrogens (tertiary/aromatic N) is 2. The lowest BCUT2D eigenvalue weighted by atomic mass is 10.0. The molecule has 0 spiro atoms. The van der Waals surface area contributed by atoms with Crippen LogP contribution in [0.4, 0.5) is 0 Å². The molecule has 0 fully saturated rings. The molecular weight excluding hydrogens is 306 g/mol. The van der Waals surface area contributed by atoms with E-state index in [0.717, 1.165) is 36.6 Å². The van der Waals surface area contributed by atoms with Crippen molar-refractivity contribution in [2.75, 3.05) is 12.8 Å². The van der Waals surface area contributed by atoms with Crippen LogP contribution in [0.5, 0.6) is 0 Å². The Bertz CT molecular complexity index is 754. The number of fused-ring (bicyclic) bond motifs is 1. The molecule has 122 valence electrons. The Balaban J connectivity index is 1.82. The maximum atomic E-state index is 12.4. The molecule has 3 rings (SSSR count). The third-order valence-electron chi connectivity index (χ3n) is 4.30. The highest BCUT2D eigenvalue weighted by Crippen LogP contribution is 2.24. The predicted molar refractivity (Wildman–Crippen MR) is 95.0 cm³/mol. The molecular formula is C18H23N3OS. The van der Waals surface area contributed by atoms with Gasteiger partial charge in [0.2, 0.25) is 0 Å². The average molecular weight is 329 g/mol. The van der Waals surface area contributed by atoms with Gasteiger partial charge < -0.3 is 4.98 Å². The van der Waals surface area contributed by atoms with Gasteiger partial charge in [0.15, 0.2) is 0 Å². The van der Waals surface area contributed by atoms with Crippen molar-refractivity contribution in [1.82, 2.24) is 14.9 Å². The van der Waals surface area contributed by atoms with Gasteiger partial charge in [0.1, 0.15) is 5.82 Å². The van der Waals surface area contributed by atoms with Crippen LogP contribution in [0.3, 0.4) is 0 Å². The van der Waals surface area contributed by atoms with E-state index in [1.165, 1.54) is 10.5 Å². The highest BCUT2D eigenvalue weighted by atomic mass is 32.2. The Kier molecular flexibility index (Phi) is 4.87. The van der Waals surface area contributed by atoms with Crippen molar-refractivity contribution in [2.45, 2.75) is 44.2 Å². The van der Waals surface area contributed by atoms with Gasteiger partial charge in [-0.25, -0.2) is 4.98 Å². The summed E-state index contributed by atoms with van der Waals surface area (Å²) < 4.78 is 0. The number of aromatic nitrogens is 2. The molecule has 2 heterocycles. The average Bonchev–Trinajstić information content (AvgIpc) is 2.55. The Morgan fingerprint density at radius 2 is 2.13 bits per heavy atom. The fourth-order valence-corrected chi connectivity index (χ4v) is 3.59. The maximum Gasteiger partial charge on any atom is 0.255 e. The van der Waals surface area contributed by atoms with Crippen LogP contribution in [0.1, 0.15) is 42.4 Å². The number of aromatic amines is 1. The van der Waals surface area contributed by atoms with Gasteiger partial charge in [0.25, 0.3) is 5.56 Å². The standard InChI is InChI=1S/C18H23N3OS/c1-12(2)17-19-15-8-9-21(11-14(15)18(22)20-17)10-13-6-4-5-7-16(13)23-3/h4-7,12H,8-11H2,1-3H3,(H,19,20,22). The lowest BCUT2D eigenvalue weighted by Crippen LogP contribution is -2.36. The molecule has 1 aliphatic rings. The number of nitrogens with one attached hydrogen (secondary N) is 1. The van der Waals surface area contributed by atoms with Crippen molar-refractivity contribution in [2.24, 2.45) is 0 Å². The summed E-state index contributed by atoms with van der Waals surface area (Å²) in [5.41, 5.74) is 3.17. The molecule has 1 aromatic heterocycles. The molecule has 0 saturated heterocycles. The Morgan fingerprint density at radius 3 is 2.87 bits per heavy atom. The smallest absolute Gasteiger partial charge is 0.255 e. The van der Waals surface area contributed by atoms with Crippen LogP contribution < -0.4 is 5.56 Å². The van der Waals surface area contributed by atoms with E-state index in [1.54, 1.807) is 11.8 Å². The first kappa shape index (κ1) is 16.3. The molecule has 4 nitrogen and oxygen atoms in total. The van der Waals surface area contributed by atoms with Gasteiger partial charge in [-0.05, 0) is 17.9 Å². The minimum absolute atomic E-state index is 0.0292. The summed E-state index contributed by atoms with van der Waals surface area (Å²) in [6.07, 6.45) is 2.95. The minimum Gasteiger partial charge on any atom is -0.310 e. The van der Waals surface area contributed by atoms with E-state index in [4.69, 9.17) is 0 Å². The van der Waals surface area contributed by atoms with Gasteiger partial charge in [-0.15, -0.1) is 11.8 Å². The molecule has 0 bridgehead atoms. The second kappa shape index (κ2) is 6.89. The first-order valence-electron chi connectivity index (χ1n) is 8.04. The molecule has 1 N–H and O–H groups in total. The molecule has 0 unspecified atom stereocenters. The summed E-state index contributed by atoms with van der Waals surface area (Å²) in [4.78, 5) is 23.6. The number of benzene rings is 1. The summed E-state index contributed by atoms with van der Waals surface area (Å²) >= 11 is 1.77. The number of hydrogen-bond donors (Lipinski definition) is 1. The van der Waals surface area contributed by atoms with E-state index in [2.05, 4.69) is 59.2 Å². The van der Waals surface area contributed by atoms with Gasteiger partial charge in [-0.1, -0.05) is 32.0 Å². The molecule has 0 atom stereocenters. The van der Waals surface area contributed by atoms with Crippen molar-refractivity contribution >= 4 is 11.8 Å². The highest BCUT2D eigenvalue weighted by Gasteiger charge is 2.22. The van der Waals surface area contributed by atoms with E-state index in [0.29, 0.717) is 6.54 Å². The lowest BCUT2D eigenvalue weighted by Gasteiger charge is -2.28. The fourth-order valence-electron chi connectivity index (χ4n) is 2.98. The summed E-state index contributed by atoms with van der Waals surface area (Å²) in [6.45, 7) is 6.61.